The van der Waals surface area contributed by atoms with Crippen LogP contribution in [0.15, 0.2) is 66.7 Å². The minimum Gasteiger partial charge on any atom is -0.292 e. The summed E-state index contributed by atoms with van der Waals surface area (Å²) in [7, 11) is 0. The average molecular weight is 380 g/mol. The molecule has 1 aliphatic rings. The number of rotatable bonds is 3. The van der Waals surface area contributed by atoms with Crippen molar-refractivity contribution in [2.45, 2.75) is 19.8 Å². The van der Waals surface area contributed by atoms with Gasteiger partial charge in [0.05, 0.1) is 17.0 Å². The molecule has 0 saturated heterocycles. The van der Waals surface area contributed by atoms with Crippen LogP contribution in [0.3, 0.4) is 0 Å². The molecule has 142 valence electrons. The largest absolute Gasteiger partial charge is 0.292 e. The Labute approximate surface area is 168 Å². The van der Waals surface area contributed by atoms with Crippen molar-refractivity contribution < 1.29 is 4.79 Å². The van der Waals surface area contributed by atoms with Crippen LogP contribution in [0.2, 0.25) is 0 Å². The van der Waals surface area contributed by atoms with Crippen LogP contribution in [0.1, 0.15) is 33.9 Å². The van der Waals surface area contributed by atoms with Crippen molar-refractivity contribution in [1.82, 2.24) is 19.8 Å². The third-order valence-electron chi connectivity index (χ3n) is 5.40. The first kappa shape index (κ1) is 17.5. The van der Waals surface area contributed by atoms with Crippen LogP contribution < -0.4 is 0 Å². The molecule has 4 aromatic rings. The van der Waals surface area contributed by atoms with Gasteiger partial charge in [-0.25, -0.2) is 4.52 Å². The molecule has 1 unspecified atom stereocenters. The van der Waals surface area contributed by atoms with E-state index in [1.165, 1.54) is 0 Å². The zero-order chi connectivity index (χ0) is 19.8. The Morgan fingerprint density at radius 2 is 1.69 bits per heavy atom. The van der Waals surface area contributed by atoms with Crippen LogP contribution in [-0.2, 0) is 6.42 Å². The number of aromatic nitrogens is 4. The first-order valence-electron chi connectivity index (χ1n) is 9.77. The predicted octanol–water partition coefficient (Wildman–Crippen LogP) is 4.56. The number of carbonyl (C=O) groups excluding carboxylic acids is 1. The second-order valence-electron chi connectivity index (χ2n) is 7.42. The second kappa shape index (κ2) is 7.09. The average Bonchev–Trinajstić information content (AvgIpc) is 3.10. The number of fused-ring (bicyclic) bond motifs is 3. The highest BCUT2D eigenvalue weighted by molar-refractivity contribution is 5.97. The van der Waals surface area contributed by atoms with Gasteiger partial charge >= 0.3 is 0 Å². The van der Waals surface area contributed by atoms with Crippen LogP contribution in [0, 0.1) is 12.8 Å². The fraction of sp³-hybridized carbons (Fsp3) is 0.167. The molecule has 1 atom stereocenters. The molecule has 29 heavy (non-hydrogen) atoms. The molecule has 0 spiro atoms. The van der Waals surface area contributed by atoms with Crippen LogP contribution in [-0.4, -0.2) is 25.6 Å². The maximum atomic E-state index is 12.7. The molecule has 1 aliphatic carbocycles. The van der Waals surface area contributed by atoms with Gasteiger partial charge in [-0.15, -0.1) is 10.2 Å². The summed E-state index contributed by atoms with van der Waals surface area (Å²) in [5, 5.41) is 13.4. The third-order valence-corrected chi connectivity index (χ3v) is 5.40. The SMILES string of the molecule is Cc1nn2c3c(nnc2c1-c1ccccc1)C(=O)CC(/C=C/c1ccccc1)C3. The summed E-state index contributed by atoms with van der Waals surface area (Å²) in [6.07, 6.45) is 5.36. The van der Waals surface area contributed by atoms with E-state index in [4.69, 9.17) is 5.10 Å². The zero-order valence-corrected chi connectivity index (χ0v) is 16.1. The van der Waals surface area contributed by atoms with Gasteiger partial charge in [0.25, 0.3) is 0 Å². The van der Waals surface area contributed by atoms with E-state index in [0.29, 0.717) is 24.2 Å². The Morgan fingerprint density at radius 3 is 2.45 bits per heavy atom. The van der Waals surface area contributed by atoms with E-state index in [-0.39, 0.29) is 11.7 Å². The summed E-state index contributed by atoms with van der Waals surface area (Å²) in [6.45, 7) is 1.97. The lowest BCUT2D eigenvalue weighted by molar-refractivity contribution is 0.0950. The Morgan fingerprint density at radius 1 is 0.966 bits per heavy atom. The van der Waals surface area contributed by atoms with E-state index in [1.807, 2.05) is 60.0 Å². The summed E-state index contributed by atoms with van der Waals surface area (Å²) in [5.41, 5.74) is 6.03. The highest BCUT2D eigenvalue weighted by Gasteiger charge is 2.29. The summed E-state index contributed by atoms with van der Waals surface area (Å²) < 4.78 is 1.82. The molecule has 2 heterocycles. The number of carbonyl (C=O) groups is 1. The van der Waals surface area contributed by atoms with Gasteiger partial charge in [0.1, 0.15) is 0 Å². The molecule has 5 nitrogen and oxygen atoms in total. The van der Waals surface area contributed by atoms with Crippen LogP contribution in [0.4, 0.5) is 0 Å². The van der Waals surface area contributed by atoms with Crippen molar-refractivity contribution in [1.29, 1.82) is 0 Å². The molecular weight excluding hydrogens is 360 g/mol. The lowest BCUT2D eigenvalue weighted by Crippen LogP contribution is -2.24. The molecule has 5 heteroatoms. The third kappa shape index (κ3) is 3.14. The second-order valence-corrected chi connectivity index (χ2v) is 7.42. The molecule has 0 N–H and O–H groups in total. The molecule has 0 fully saturated rings. The molecule has 0 amide bonds. The van der Waals surface area contributed by atoms with Crippen LogP contribution >= 0.6 is 0 Å². The fourth-order valence-electron chi connectivity index (χ4n) is 4.00. The minimum absolute atomic E-state index is 0.0257. The molecule has 0 saturated carbocycles. The Hall–Kier alpha value is -3.60. The monoisotopic (exact) mass is 380 g/mol. The van der Waals surface area contributed by atoms with Crippen LogP contribution in [0.25, 0.3) is 22.9 Å². The van der Waals surface area contributed by atoms with Crippen molar-refractivity contribution in [2.24, 2.45) is 5.92 Å². The van der Waals surface area contributed by atoms with Crippen molar-refractivity contribution in [3.63, 3.8) is 0 Å². The van der Waals surface area contributed by atoms with Gasteiger partial charge in [-0.2, -0.15) is 5.10 Å². The van der Waals surface area contributed by atoms with E-state index in [2.05, 4.69) is 34.5 Å². The lowest BCUT2D eigenvalue weighted by atomic mass is 9.88. The first-order chi connectivity index (χ1) is 14.2. The molecule has 0 bridgehead atoms. The molecule has 2 aromatic heterocycles. The predicted molar refractivity (Wildman–Crippen MR) is 113 cm³/mol. The Bertz CT molecular complexity index is 1230. The van der Waals surface area contributed by atoms with E-state index < -0.39 is 0 Å². The number of Topliss-reactive ketones (excluding diaryl/α,β-unsaturated/α-hetero) is 1. The van der Waals surface area contributed by atoms with Gasteiger partial charge in [0.2, 0.25) is 0 Å². The highest BCUT2D eigenvalue weighted by Crippen LogP contribution is 2.31. The van der Waals surface area contributed by atoms with E-state index in [0.717, 1.165) is 28.1 Å². The lowest BCUT2D eigenvalue weighted by Gasteiger charge is -2.20. The summed E-state index contributed by atoms with van der Waals surface area (Å²) >= 11 is 0. The standard InChI is InChI=1S/C24H20N4O/c1-16-22(19-10-6-3-7-11-19)24-26-25-23-20(28(24)27-16)14-18(15-21(23)29)13-12-17-8-4-2-5-9-17/h2-13,18H,14-15H2,1H3/b13-12+. The zero-order valence-electron chi connectivity index (χ0n) is 16.1. The number of hydrogen-bond donors (Lipinski definition) is 0. The number of nitrogens with zero attached hydrogens (tertiary/aromatic N) is 4. The van der Waals surface area contributed by atoms with E-state index in [9.17, 15) is 4.79 Å². The van der Waals surface area contributed by atoms with Gasteiger partial charge in [-0.1, -0.05) is 72.8 Å². The van der Waals surface area contributed by atoms with Crippen LogP contribution in [0.5, 0.6) is 0 Å². The maximum Gasteiger partial charge on any atom is 0.185 e. The maximum absolute atomic E-state index is 12.7. The van der Waals surface area contributed by atoms with Gasteiger partial charge in [0, 0.05) is 6.42 Å². The van der Waals surface area contributed by atoms with Gasteiger partial charge in [-0.05, 0) is 30.4 Å². The molecular formula is C24H20N4O. The molecule has 0 aliphatic heterocycles. The number of aryl methyl sites for hydroxylation is 1. The fourth-order valence-corrected chi connectivity index (χ4v) is 4.00. The minimum atomic E-state index is 0.0257. The molecule has 0 radical (unpaired) electrons. The summed E-state index contributed by atoms with van der Waals surface area (Å²) in [4.78, 5) is 12.7. The summed E-state index contributed by atoms with van der Waals surface area (Å²) in [6, 6.07) is 20.2. The van der Waals surface area contributed by atoms with Crippen molar-refractivity contribution >= 4 is 17.5 Å². The number of benzene rings is 2. The number of allylic oxidation sites excluding steroid dienone is 1. The summed E-state index contributed by atoms with van der Waals surface area (Å²) in [5.74, 6) is 0.144. The number of ketones is 1. The normalized spacial score (nSPS) is 16.4. The Balaban J connectivity index is 1.57. The first-order valence-corrected chi connectivity index (χ1v) is 9.77. The van der Waals surface area contributed by atoms with Crippen molar-refractivity contribution in [2.75, 3.05) is 0 Å². The molecule has 2 aromatic carbocycles. The van der Waals surface area contributed by atoms with Gasteiger partial charge < -0.3 is 0 Å². The topological polar surface area (TPSA) is 60.1 Å². The van der Waals surface area contributed by atoms with Gasteiger partial charge in [0.15, 0.2) is 17.1 Å². The Kier molecular flexibility index (Phi) is 4.28. The van der Waals surface area contributed by atoms with Crippen molar-refractivity contribution in [3.05, 3.63) is 89.4 Å². The molecule has 5 rings (SSSR count). The van der Waals surface area contributed by atoms with Crippen molar-refractivity contribution in [3.8, 4) is 11.1 Å². The van der Waals surface area contributed by atoms with E-state index in [1.54, 1.807) is 0 Å². The quantitative estimate of drug-likeness (QED) is 0.523. The smallest absolute Gasteiger partial charge is 0.185 e. The van der Waals surface area contributed by atoms with E-state index >= 15 is 0 Å². The highest BCUT2D eigenvalue weighted by atomic mass is 16.1. The van der Waals surface area contributed by atoms with Gasteiger partial charge in [-0.3, -0.25) is 4.79 Å². The number of hydrogen-bond acceptors (Lipinski definition) is 4.